The molecule has 0 saturated carbocycles. The molecule has 0 unspecified atom stereocenters. The van der Waals surface area contributed by atoms with Crippen molar-refractivity contribution in [2.75, 3.05) is 6.61 Å². The van der Waals surface area contributed by atoms with Gasteiger partial charge in [0.1, 0.15) is 0 Å². The fourth-order valence-electron chi connectivity index (χ4n) is 6.71. The van der Waals surface area contributed by atoms with Crippen LogP contribution in [-0.4, -0.2) is 34.9 Å². The number of hydrogen-bond donors (Lipinski definition) is 3. The lowest BCUT2D eigenvalue weighted by atomic mass is 10.0. The van der Waals surface area contributed by atoms with E-state index in [0.29, 0.717) is 12.8 Å². The predicted octanol–water partition coefficient (Wildman–Crippen LogP) is 13.1. The molecule has 0 radical (unpaired) electrons. The molecule has 0 spiro atoms. The average Bonchev–Trinajstić information content (AvgIpc) is 3.07. The summed E-state index contributed by atoms with van der Waals surface area (Å²) in [6.07, 6.45) is 48.5. The summed E-state index contributed by atoms with van der Waals surface area (Å²) in [4.78, 5) is 12.4. The third-order valence-corrected chi connectivity index (χ3v) is 10.0. The number of amides is 1. The maximum Gasteiger partial charge on any atom is 0.220 e. The summed E-state index contributed by atoms with van der Waals surface area (Å²) in [5, 5.41) is 23.2. The summed E-state index contributed by atoms with van der Waals surface area (Å²) in [6, 6.07) is -0.533. The third kappa shape index (κ3) is 36.2. The van der Waals surface area contributed by atoms with E-state index in [-0.39, 0.29) is 12.5 Å². The van der Waals surface area contributed by atoms with Crippen LogP contribution in [0.15, 0.2) is 12.2 Å². The number of aliphatic hydroxyl groups excluding tert-OH is 2. The van der Waals surface area contributed by atoms with E-state index in [4.69, 9.17) is 0 Å². The number of carbonyl (C=O) groups is 1. The van der Waals surface area contributed by atoms with E-state index in [1.165, 1.54) is 186 Å². The molecule has 0 heterocycles. The molecule has 0 aliphatic carbocycles. The summed E-state index contributed by atoms with van der Waals surface area (Å²) in [5.41, 5.74) is 0. The highest BCUT2D eigenvalue weighted by Gasteiger charge is 2.20. The Labute approximate surface area is 295 Å². The van der Waals surface area contributed by atoms with Gasteiger partial charge in [0, 0.05) is 6.42 Å². The monoisotopic (exact) mass is 664 g/mol. The highest BCUT2D eigenvalue weighted by atomic mass is 16.3. The Morgan fingerprint density at radius 3 is 1.17 bits per heavy atom. The van der Waals surface area contributed by atoms with E-state index in [0.717, 1.165) is 25.7 Å². The SMILES string of the molecule is CCCCCCCC/C=C/CCCCCCCCCCCC(=O)N[C@@H](CO)[C@H](O)CCCCCCCCCCCCCCCCCC. The summed E-state index contributed by atoms with van der Waals surface area (Å²) < 4.78 is 0. The van der Waals surface area contributed by atoms with Crippen molar-refractivity contribution in [3.05, 3.63) is 12.2 Å². The molecule has 0 rings (SSSR count). The van der Waals surface area contributed by atoms with Crippen molar-refractivity contribution >= 4 is 5.91 Å². The minimum atomic E-state index is -0.656. The molecule has 0 aliphatic rings. The van der Waals surface area contributed by atoms with Crippen LogP contribution in [-0.2, 0) is 4.79 Å². The summed E-state index contributed by atoms with van der Waals surface area (Å²) >= 11 is 0. The highest BCUT2D eigenvalue weighted by Crippen LogP contribution is 2.16. The van der Waals surface area contributed by atoms with Gasteiger partial charge in [-0.15, -0.1) is 0 Å². The summed E-state index contributed by atoms with van der Waals surface area (Å²) in [5.74, 6) is -0.0314. The van der Waals surface area contributed by atoms with Gasteiger partial charge in [0.05, 0.1) is 18.8 Å². The van der Waals surface area contributed by atoms with Crippen LogP contribution in [0.5, 0.6) is 0 Å². The molecule has 0 bridgehead atoms. The standard InChI is InChI=1S/C43H85NO3/c1-3-5-7-9-11-13-15-17-19-21-22-23-25-27-29-31-33-35-37-39-43(47)44-41(40-45)42(46)38-36-34-32-30-28-26-24-20-18-16-14-12-10-8-6-4-2/h17,19,41-42,45-46H,3-16,18,20-40H2,1-2H3,(H,44,47)/b19-17+/t41-,42+/m0/s1. The number of rotatable bonds is 39. The van der Waals surface area contributed by atoms with E-state index in [1.807, 2.05) is 0 Å². The molecule has 0 aromatic rings. The average molecular weight is 664 g/mol. The number of nitrogens with one attached hydrogen (secondary N) is 1. The molecular formula is C43H85NO3. The molecule has 2 atom stereocenters. The second-order valence-corrected chi connectivity index (χ2v) is 14.8. The first kappa shape index (κ1) is 46.1. The molecule has 0 saturated heterocycles. The Kier molecular flexibility index (Phi) is 38.8. The molecule has 1 amide bonds. The second kappa shape index (κ2) is 39.6. The molecule has 0 aromatic heterocycles. The highest BCUT2D eigenvalue weighted by molar-refractivity contribution is 5.76. The molecule has 3 N–H and O–H groups in total. The van der Waals surface area contributed by atoms with Gasteiger partial charge in [-0.1, -0.05) is 206 Å². The van der Waals surface area contributed by atoms with Crippen LogP contribution in [0.25, 0.3) is 0 Å². The zero-order valence-corrected chi connectivity index (χ0v) is 32.1. The summed E-state index contributed by atoms with van der Waals surface area (Å²) in [6.45, 7) is 4.37. The molecule has 4 heteroatoms. The Bertz CT molecular complexity index is 637. The lowest BCUT2D eigenvalue weighted by molar-refractivity contribution is -0.123. The van der Waals surface area contributed by atoms with E-state index in [1.54, 1.807) is 0 Å². The first-order chi connectivity index (χ1) is 23.2. The Hall–Kier alpha value is -0.870. The van der Waals surface area contributed by atoms with E-state index >= 15 is 0 Å². The second-order valence-electron chi connectivity index (χ2n) is 14.8. The van der Waals surface area contributed by atoms with E-state index in [9.17, 15) is 15.0 Å². The number of allylic oxidation sites excluding steroid dienone is 2. The van der Waals surface area contributed by atoms with Gasteiger partial charge in [0.15, 0.2) is 0 Å². The number of hydrogen-bond acceptors (Lipinski definition) is 3. The molecule has 0 aromatic carbocycles. The van der Waals surface area contributed by atoms with E-state index < -0.39 is 12.1 Å². The lowest BCUT2D eigenvalue weighted by Gasteiger charge is -2.22. The van der Waals surface area contributed by atoms with Crippen molar-refractivity contribution < 1.29 is 15.0 Å². The third-order valence-electron chi connectivity index (χ3n) is 10.0. The molecule has 0 fully saturated rings. The van der Waals surface area contributed by atoms with Crippen molar-refractivity contribution in [2.24, 2.45) is 0 Å². The van der Waals surface area contributed by atoms with E-state index in [2.05, 4.69) is 31.3 Å². The quantitative estimate of drug-likeness (QED) is 0.0453. The fourth-order valence-corrected chi connectivity index (χ4v) is 6.71. The van der Waals surface area contributed by atoms with Crippen LogP contribution in [0.4, 0.5) is 0 Å². The maximum absolute atomic E-state index is 12.4. The first-order valence-corrected chi connectivity index (χ1v) is 21.4. The van der Waals surface area contributed by atoms with Crippen molar-refractivity contribution in [2.45, 2.75) is 251 Å². The minimum absolute atomic E-state index is 0.0314. The Balaban J connectivity index is 3.50. The lowest BCUT2D eigenvalue weighted by Crippen LogP contribution is -2.45. The molecule has 47 heavy (non-hydrogen) atoms. The van der Waals surface area contributed by atoms with Crippen molar-refractivity contribution in [3.8, 4) is 0 Å². The van der Waals surface area contributed by atoms with Crippen molar-refractivity contribution in [1.29, 1.82) is 0 Å². The van der Waals surface area contributed by atoms with Crippen molar-refractivity contribution in [1.82, 2.24) is 5.32 Å². The van der Waals surface area contributed by atoms with Gasteiger partial charge in [-0.25, -0.2) is 0 Å². The largest absolute Gasteiger partial charge is 0.394 e. The van der Waals surface area contributed by atoms with Gasteiger partial charge in [0.25, 0.3) is 0 Å². The summed E-state index contributed by atoms with van der Waals surface area (Å²) in [7, 11) is 0. The van der Waals surface area contributed by atoms with Crippen molar-refractivity contribution in [3.63, 3.8) is 0 Å². The molecular weight excluding hydrogens is 578 g/mol. The number of unbranched alkanes of at least 4 members (excludes halogenated alkanes) is 30. The minimum Gasteiger partial charge on any atom is -0.394 e. The van der Waals surface area contributed by atoms with Gasteiger partial charge in [-0.2, -0.15) is 0 Å². The Morgan fingerprint density at radius 2 is 0.809 bits per heavy atom. The maximum atomic E-state index is 12.4. The Morgan fingerprint density at radius 1 is 0.489 bits per heavy atom. The van der Waals surface area contributed by atoms with Gasteiger partial charge >= 0.3 is 0 Å². The first-order valence-electron chi connectivity index (χ1n) is 21.4. The van der Waals surface area contributed by atoms with Crippen LogP contribution in [0.1, 0.15) is 239 Å². The van der Waals surface area contributed by atoms with Gasteiger partial charge in [-0.3, -0.25) is 4.79 Å². The van der Waals surface area contributed by atoms with Crippen LogP contribution >= 0.6 is 0 Å². The smallest absolute Gasteiger partial charge is 0.220 e. The molecule has 4 nitrogen and oxygen atoms in total. The van der Waals surface area contributed by atoms with Crippen LogP contribution in [0, 0.1) is 0 Å². The van der Waals surface area contributed by atoms with Crippen LogP contribution in [0.3, 0.4) is 0 Å². The number of aliphatic hydroxyl groups is 2. The molecule has 280 valence electrons. The fraction of sp³-hybridized carbons (Fsp3) is 0.930. The van der Waals surface area contributed by atoms with Crippen LogP contribution < -0.4 is 5.32 Å². The molecule has 0 aliphatic heterocycles. The zero-order valence-electron chi connectivity index (χ0n) is 32.1. The normalized spacial score (nSPS) is 13.0. The van der Waals surface area contributed by atoms with Crippen LogP contribution in [0.2, 0.25) is 0 Å². The topological polar surface area (TPSA) is 69.6 Å². The predicted molar refractivity (Wildman–Crippen MR) is 207 cm³/mol. The van der Waals surface area contributed by atoms with Gasteiger partial charge in [-0.05, 0) is 38.5 Å². The number of carbonyl (C=O) groups excluding carboxylic acids is 1. The van der Waals surface area contributed by atoms with Gasteiger partial charge in [0.2, 0.25) is 5.91 Å². The van der Waals surface area contributed by atoms with Gasteiger partial charge < -0.3 is 15.5 Å². The zero-order chi connectivity index (χ0) is 34.3.